The second kappa shape index (κ2) is 5.06. The Labute approximate surface area is 128 Å². The van der Waals surface area contributed by atoms with E-state index in [0.717, 1.165) is 12.1 Å². The van der Waals surface area contributed by atoms with Gasteiger partial charge in [0.25, 0.3) is 9.84 Å². The summed E-state index contributed by atoms with van der Waals surface area (Å²) in [6.07, 6.45) is 0. The van der Waals surface area contributed by atoms with Gasteiger partial charge in [0, 0.05) is 10.8 Å². The summed E-state index contributed by atoms with van der Waals surface area (Å²) in [4.78, 5) is 11.6. The van der Waals surface area contributed by atoms with E-state index < -0.39 is 25.7 Å². The summed E-state index contributed by atoms with van der Waals surface area (Å²) in [6.45, 7) is 0. The van der Waals surface area contributed by atoms with E-state index in [2.05, 4.69) is 0 Å². The summed E-state index contributed by atoms with van der Waals surface area (Å²) in [5.74, 6) is 0. The number of alkyl halides is 3. The summed E-state index contributed by atoms with van der Waals surface area (Å²) in [6, 6.07) is 12.7. The van der Waals surface area contributed by atoms with E-state index in [1.807, 2.05) is 0 Å². The standard InChI is InChI=1S/C16H9F3O3S/c17-16(18,19)23(21,22)12-8-7-11-6-5-10-3-1-2-4-13(10)15(20)14(11)9-12/h1-9H. The van der Waals surface area contributed by atoms with Gasteiger partial charge in [0.1, 0.15) is 0 Å². The molecular weight excluding hydrogens is 329 g/mol. The van der Waals surface area contributed by atoms with Crippen LogP contribution < -0.4 is 5.43 Å². The fourth-order valence-electron chi connectivity index (χ4n) is 2.35. The Balaban J connectivity index is 2.44. The number of hydrogen-bond donors (Lipinski definition) is 0. The maximum Gasteiger partial charge on any atom is 0.501 e. The van der Waals surface area contributed by atoms with Gasteiger partial charge >= 0.3 is 5.51 Å². The van der Waals surface area contributed by atoms with Gasteiger partial charge in [-0.05, 0) is 22.9 Å². The summed E-state index contributed by atoms with van der Waals surface area (Å²) in [5, 5.41) is 1.22. The molecule has 0 saturated carbocycles. The fraction of sp³-hybridized carbons (Fsp3) is 0.0625. The molecule has 0 fully saturated rings. The zero-order valence-corrected chi connectivity index (χ0v) is 12.3. The number of sulfone groups is 1. The summed E-state index contributed by atoms with van der Waals surface area (Å²) in [5.41, 5.74) is -5.93. The van der Waals surface area contributed by atoms with Gasteiger partial charge in [0.15, 0.2) is 5.43 Å². The molecule has 0 radical (unpaired) electrons. The maximum absolute atomic E-state index is 12.7. The third kappa shape index (κ3) is 2.46. The molecule has 0 saturated heterocycles. The van der Waals surface area contributed by atoms with E-state index >= 15 is 0 Å². The lowest BCUT2D eigenvalue weighted by Crippen LogP contribution is -2.23. The Hall–Kier alpha value is -2.41. The smallest absolute Gasteiger partial charge is 0.289 e. The molecule has 0 aliphatic rings. The first kappa shape index (κ1) is 15.5. The van der Waals surface area contributed by atoms with Crippen LogP contribution in [0, 0.1) is 0 Å². The Kier molecular flexibility index (Phi) is 3.40. The van der Waals surface area contributed by atoms with Crippen molar-refractivity contribution in [2.45, 2.75) is 10.4 Å². The molecule has 0 bridgehead atoms. The summed E-state index contributed by atoms with van der Waals surface area (Å²) in [7, 11) is -5.50. The van der Waals surface area contributed by atoms with Crippen LogP contribution in [0.25, 0.3) is 21.5 Å². The van der Waals surface area contributed by atoms with Crippen LogP contribution in [0.5, 0.6) is 0 Å². The molecule has 0 N–H and O–H groups in total. The lowest BCUT2D eigenvalue weighted by molar-refractivity contribution is -0.0435. The monoisotopic (exact) mass is 338 g/mol. The van der Waals surface area contributed by atoms with Crippen LogP contribution in [0.4, 0.5) is 13.2 Å². The van der Waals surface area contributed by atoms with Gasteiger partial charge in [-0.25, -0.2) is 8.42 Å². The number of fused-ring (bicyclic) bond motifs is 2. The quantitative estimate of drug-likeness (QED) is 0.681. The van der Waals surface area contributed by atoms with Gasteiger partial charge in [-0.15, -0.1) is 0 Å². The molecule has 0 heterocycles. The molecule has 0 amide bonds. The number of halogens is 3. The van der Waals surface area contributed by atoms with Crippen LogP contribution in [-0.2, 0) is 9.84 Å². The Morgan fingerprint density at radius 1 is 0.783 bits per heavy atom. The van der Waals surface area contributed by atoms with Gasteiger partial charge in [0.2, 0.25) is 0 Å². The van der Waals surface area contributed by atoms with Crippen molar-refractivity contribution in [2.24, 2.45) is 0 Å². The molecule has 118 valence electrons. The largest absolute Gasteiger partial charge is 0.501 e. The molecule has 0 spiro atoms. The second-order valence-electron chi connectivity index (χ2n) is 4.95. The highest BCUT2D eigenvalue weighted by Crippen LogP contribution is 2.31. The summed E-state index contributed by atoms with van der Waals surface area (Å²) < 4.78 is 61.1. The van der Waals surface area contributed by atoms with E-state index in [4.69, 9.17) is 0 Å². The van der Waals surface area contributed by atoms with Crippen LogP contribution in [-0.4, -0.2) is 13.9 Å². The third-order valence-corrected chi connectivity index (χ3v) is 5.02. The SMILES string of the molecule is O=c1c2ccccc2ccc2ccc(S(=O)(=O)C(F)(F)F)cc12. The Morgan fingerprint density at radius 2 is 1.35 bits per heavy atom. The molecule has 0 aliphatic heterocycles. The first-order chi connectivity index (χ1) is 10.7. The van der Waals surface area contributed by atoms with Gasteiger partial charge < -0.3 is 0 Å². The minimum atomic E-state index is -5.50. The minimum absolute atomic E-state index is 0.0727. The predicted molar refractivity (Wildman–Crippen MR) is 81.0 cm³/mol. The highest BCUT2D eigenvalue weighted by molar-refractivity contribution is 7.92. The number of benzene rings is 2. The van der Waals surface area contributed by atoms with Crippen molar-refractivity contribution in [3.05, 3.63) is 64.8 Å². The van der Waals surface area contributed by atoms with E-state index in [-0.39, 0.29) is 5.39 Å². The van der Waals surface area contributed by atoms with Gasteiger partial charge in [-0.2, -0.15) is 13.2 Å². The highest BCUT2D eigenvalue weighted by Gasteiger charge is 2.46. The second-order valence-corrected chi connectivity index (χ2v) is 6.89. The molecule has 3 rings (SSSR count). The van der Waals surface area contributed by atoms with Crippen molar-refractivity contribution < 1.29 is 21.6 Å². The zero-order valence-electron chi connectivity index (χ0n) is 11.5. The molecule has 0 aliphatic carbocycles. The zero-order chi connectivity index (χ0) is 16.8. The molecule has 0 aromatic heterocycles. The van der Waals surface area contributed by atoms with Crippen LogP contribution in [0.3, 0.4) is 0 Å². The maximum atomic E-state index is 12.7. The molecule has 23 heavy (non-hydrogen) atoms. The molecule has 3 nitrogen and oxygen atoms in total. The first-order valence-corrected chi connectivity index (χ1v) is 7.97. The van der Waals surface area contributed by atoms with Crippen molar-refractivity contribution in [2.75, 3.05) is 0 Å². The first-order valence-electron chi connectivity index (χ1n) is 6.49. The number of hydrogen-bond acceptors (Lipinski definition) is 3. The number of rotatable bonds is 1. The average molecular weight is 338 g/mol. The van der Waals surface area contributed by atoms with Crippen LogP contribution in [0.2, 0.25) is 0 Å². The highest BCUT2D eigenvalue weighted by atomic mass is 32.2. The molecule has 0 unspecified atom stereocenters. The van der Waals surface area contributed by atoms with Gasteiger partial charge in [-0.1, -0.05) is 42.5 Å². The van der Waals surface area contributed by atoms with Gasteiger partial charge in [0.05, 0.1) is 4.90 Å². The van der Waals surface area contributed by atoms with Crippen molar-refractivity contribution in [1.29, 1.82) is 0 Å². The van der Waals surface area contributed by atoms with Crippen molar-refractivity contribution >= 4 is 31.4 Å². The predicted octanol–water partition coefficient (Wildman–Crippen LogP) is 3.65. The van der Waals surface area contributed by atoms with Crippen molar-refractivity contribution in [3.63, 3.8) is 0 Å². The molecule has 0 atom stereocenters. The molecule has 3 aromatic carbocycles. The normalized spacial score (nSPS) is 12.7. The van der Waals surface area contributed by atoms with Crippen LogP contribution >= 0.6 is 0 Å². The topological polar surface area (TPSA) is 51.2 Å². The molecule has 7 heteroatoms. The van der Waals surface area contributed by atoms with Crippen molar-refractivity contribution in [1.82, 2.24) is 0 Å². The van der Waals surface area contributed by atoms with E-state index in [1.165, 1.54) is 6.07 Å². The minimum Gasteiger partial charge on any atom is -0.289 e. The lowest BCUT2D eigenvalue weighted by atomic mass is 10.1. The molecule has 3 aromatic rings. The summed E-state index contributed by atoms with van der Waals surface area (Å²) >= 11 is 0. The van der Waals surface area contributed by atoms with Gasteiger partial charge in [-0.3, -0.25) is 4.79 Å². The fourth-order valence-corrected chi connectivity index (χ4v) is 3.14. The van der Waals surface area contributed by atoms with Crippen LogP contribution in [0.15, 0.2) is 64.3 Å². The van der Waals surface area contributed by atoms with E-state index in [9.17, 15) is 26.4 Å². The lowest BCUT2D eigenvalue weighted by Gasteiger charge is -2.08. The Bertz CT molecular complexity index is 1090. The van der Waals surface area contributed by atoms with Crippen LogP contribution in [0.1, 0.15) is 0 Å². The molecular formula is C16H9F3O3S. The van der Waals surface area contributed by atoms with Crippen molar-refractivity contribution in [3.8, 4) is 0 Å². The average Bonchev–Trinajstić information content (AvgIpc) is 2.64. The Morgan fingerprint density at radius 3 is 2.00 bits per heavy atom. The van der Waals surface area contributed by atoms with E-state index in [1.54, 1.807) is 36.4 Å². The third-order valence-electron chi connectivity index (χ3n) is 3.53. The van der Waals surface area contributed by atoms with E-state index in [0.29, 0.717) is 16.2 Å².